The van der Waals surface area contributed by atoms with E-state index < -0.39 is 0 Å². The summed E-state index contributed by atoms with van der Waals surface area (Å²) in [5.74, 6) is 0. The Morgan fingerprint density at radius 2 is 0.600 bits per heavy atom. The Hall–Kier alpha value is 2.40. The van der Waals surface area contributed by atoms with Gasteiger partial charge in [0, 0.05) is 0 Å². The predicted molar refractivity (Wildman–Crippen MR) is 7.81 cm³/mol. The minimum Gasteiger partial charge on any atom is -2.00 e. The van der Waals surface area contributed by atoms with E-state index in [4.69, 9.17) is 0 Å². The van der Waals surface area contributed by atoms with Gasteiger partial charge in [-0.1, -0.05) is 0 Å². The molecule has 0 aromatic heterocycles. The molecule has 0 aliphatic carbocycles. The molecule has 26 valence electrons. The summed E-state index contributed by atoms with van der Waals surface area (Å²) in [6.07, 6.45) is 0. The quantitative estimate of drug-likeness (QED) is 0.412. The van der Waals surface area contributed by atoms with Crippen LogP contribution in [0.3, 0.4) is 0 Å². The summed E-state index contributed by atoms with van der Waals surface area (Å²) < 4.78 is 0. The van der Waals surface area contributed by atoms with Gasteiger partial charge in [-0.3, -0.25) is 0 Å². The first-order chi connectivity index (χ1) is 0. The molecule has 0 rings (SSSR count). The molecule has 2 radical (unpaired) electrons. The fourth-order valence-electron chi connectivity index (χ4n) is 0. The van der Waals surface area contributed by atoms with Crippen LogP contribution in [0.5, 0.6) is 0 Å². The standard InChI is InChI=1S/Bi.K.3O/q+3;+1;3*-2. The molecule has 0 aromatic carbocycles. The second kappa shape index (κ2) is 32.4. The number of rotatable bonds is 0. The van der Waals surface area contributed by atoms with Crippen LogP contribution in [0.1, 0.15) is 0 Å². The van der Waals surface area contributed by atoms with Crippen molar-refractivity contribution in [3.8, 4) is 0 Å². The van der Waals surface area contributed by atoms with Crippen molar-refractivity contribution in [2.24, 2.45) is 0 Å². The first kappa shape index (κ1) is 52.6. The molecule has 0 amide bonds. The van der Waals surface area contributed by atoms with Crippen molar-refractivity contribution in [3.05, 3.63) is 0 Å². The average Bonchev–Trinajstić information content (AvgIpc) is 0. The summed E-state index contributed by atoms with van der Waals surface area (Å²) in [5, 5.41) is 0. The van der Waals surface area contributed by atoms with Gasteiger partial charge in [-0.05, 0) is 0 Å². The zero-order valence-electron chi connectivity index (χ0n) is 2.67. The van der Waals surface area contributed by atoms with Gasteiger partial charge in [-0.15, -0.1) is 0 Å². The molecule has 0 heterocycles. The zero-order valence-corrected chi connectivity index (χ0v) is 9.27. The summed E-state index contributed by atoms with van der Waals surface area (Å²) in [6, 6.07) is 0. The maximum absolute atomic E-state index is 0. The van der Waals surface area contributed by atoms with Crippen LogP contribution in [0.4, 0.5) is 0 Å². The van der Waals surface area contributed by atoms with Crippen molar-refractivity contribution in [2.75, 3.05) is 0 Å². The fraction of sp³-hybridized carbons (Fsp3) is 0. The molecule has 0 N–H and O–H groups in total. The van der Waals surface area contributed by atoms with Crippen molar-refractivity contribution in [3.63, 3.8) is 0 Å². The first-order valence-electron chi connectivity index (χ1n) is 0. The van der Waals surface area contributed by atoms with Crippen molar-refractivity contribution >= 4 is 26.2 Å². The van der Waals surface area contributed by atoms with Gasteiger partial charge in [0.15, 0.2) is 0 Å². The van der Waals surface area contributed by atoms with E-state index in [1.165, 1.54) is 0 Å². The molecule has 0 aliphatic rings. The third-order valence-corrected chi connectivity index (χ3v) is 0. The smallest absolute Gasteiger partial charge is 2.00 e. The van der Waals surface area contributed by atoms with Crippen LogP contribution in [0.15, 0.2) is 0 Å². The third-order valence-electron chi connectivity index (χ3n) is 0. The molecular formula is BiKO3-2. The SMILES string of the molecule is [Bi+3].[K+].[O-2].[O-2].[O-2]. The summed E-state index contributed by atoms with van der Waals surface area (Å²) >= 11 is 0. The number of hydrogen-bond acceptors (Lipinski definition) is 0. The second-order valence-corrected chi connectivity index (χ2v) is 0. The Morgan fingerprint density at radius 3 is 0.600 bits per heavy atom. The molecule has 5 heavy (non-hydrogen) atoms. The van der Waals surface area contributed by atoms with E-state index in [1.807, 2.05) is 0 Å². The Kier molecular flexibility index (Phi) is 341. The van der Waals surface area contributed by atoms with Gasteiger partial charge >= 0.3 is 77.6 Å². The molecule has 0 saturated heterocycles. The fourth-order valence-corrected chi connectivity index (χ4v) is 0. The average molecular weight is 296 g/mol. The Morgan fingerprint density at radius 1 is 0.600 bits per heavy atom. The largest absolute Gasteiger partial charge is 3.00 e. The molecule has 3 nitrogen and oxygen atoms in total. The van der Waals surface area contributed by atoms with E-state index in [0.29, 0.717) is 0 Å². The van der Waals surface area contributed by atoms with Crippen molar-refractivity contribution < 1.29 is 67.8 Å². The van der Waals surface area contributed by atoms with Gasteiger partial charge in [0.1, 0.15) is 0 Å². The van der Waals surface area contributed by atoms with Gasteiger partial charge in [0.2, 0.25) is 0 Å². The molecule has 0 aromatic rings. The van der Waals surface area contributed by atoms with E-state index in [-0.39, 0.29) is 94.0 Å². The van der Waals surface area contributed by atoms with E-state index >= 15 is 0 Å². The summed E-state index contributed by atoms with van der Waals surface area (Å²) in [6.45, 7) is 0. The Labute approximate surface area is 92.0 Å². The molecule has 0 aliphatic heterocycles. The second-order valence-electron chi connectivity index (χ2n) is 0. The molecule has 0 bridgehead atoms. The van der Waals surface area contributed by atoms with Crippen LogP contribution in [-0.2, 0) is 16.4 Å². The maximum Gasteiger partial charge on any atom is 3.00 e. The van der Waals surface area contributed by atoms with Crippen LogP contribution < -0.4 is 51.4 Å². The molecule has 0 unspecified atom stereocenters. The van der Waals surface area contributed by atoms with E-state index in [0.717, 1.165) is 0 Å². The first-order valence-corrected chi connectivity index (χ1v) is 0. The van der Waals surface area contributed by atoms with Crippen LogP contribution >= 0.6 is 0 Å². The van der Waals surface area contributed by atoms with Crippen LogP contribution in [0.2, 0.25) is 0 Å². The molecule has 0 spiro atoms. The zero-order chi connectivity index (χ0) is 0. The molecule has 5 heteroatoms. The normalized spacial score (nSPS) is 0. The summed E-state index contributed by atoms with van der Waals surface area (Å²) in [5.41, 5.74) is 0. The molecule has 0 saturated carbocycles. The van der Waals surface area contributed by atoms with Crippen LogP contribution in [-0.4, -0.2) is 26.2 Å². The topological polar surface area (TPSA) is 85.5 Å². The van der Waals surface area contributed by atoms with Crippen LogP contribution in [0, 0.1) is 0 Å². The molecular weight excluding hydrogens is 296 g/mol. The maximum atomic E-state index is 0. The van der Waals surface area contributed by atoms with Gasteiger partial charge in [-0.2, -0.15) is 0 Å². The van der Waals surface area contributed by atoms with Gasteiger partial charge < -0.3 is 16.4 Å². The Balaban J connectivity index is 0. The van der Waals surface area contributed by atoms with Crippen molar-refractivity contribution in [1.82, 2.24) is 0 Å². The summed E-state index contributed by atoms with van der Waals surface area (Å²) in [4.78, 5) is 0. The van der Waals surface area contributed by atoms with Crippen molar-refractivity contribution in [1.29, 1.82) is 0 Å². The van der Waals surface area contributed by atoms with E-state index in [9.17, 15) is 0 Å². The van der Waals surface area contributed by atoms with Gasteiger partial charge in [-0.25, -0.2) is 0 Å². The molecule has 0 fully saturated rings. The summed E-state index contributed by atoms with van der Waals surface area (Å²) in [7, 11) is 0. The van der Waals surface area contributed by atoms with Gasteiger partial charge in [0.05, 0.1) is 0 Å². The van der Waals surface area contributed by atoms with E-state index in [2.05, 4.69) is 0 Å². The predicted octanol–water partition coefficient (Wildman–Crippen LogP) is -3.73. The monoisotopic (exact) mass is 296 g/mol. The molecule has 0 atom stereocenters. The minimum absolute atomic E-state index is 0. The number of hydrogen-bond donors (Lipinski definition) is 0. The van der Waals surface area contributed by atoms with E-state index in [1.54, 1.807) is 0 Å². The van der Waals surface area contributed by atoms with Crippen molar-refractivity contribution in [2.45, 2.75) is 0 Å². The Bertz CT molecular complexity index is 6.85. The minimum atomic E-state index is 0. The third kappa shape index (κ3) is 21.5. The van der Waals surface area contributed by atoms with Crippen LogP contribution in [0.25, 0.3) is 0 Å². The van der Waals surface area contributed by atoms with Gasteiger partial charge in [0.25, 0.3) is 0 Å².